The monoisotopic (exact) mass is 401 g/mol. The third kappa shape index (κ3) is 2.64. The summed E-state index contributed by atoms with van der Waals surface area (Å²) in [5.41, 5.74) is 2.94. The summed E-state index contributed by atoms with van der Waals surface area (Å²) in [5.74, 6) is 2.07. The molecule has 0 N–H and O–H groups in total. The van der Waals surface area contributed by atoms with Crippen LogP contribution in [0.25, 0.3) is 26.4 Å². The van der Waals surface area contributed by atoms with Gasteiger partial charge in [0.25, 0.3) is 0 Å². The van der Waals surface area contributed by atoms with Crippen LogP contribution in [0.3, 0.4) is 0 Å². The Morgan fingerprint density at radius 2 is 1.86 bits per heavy atom. The SMILES string of the molecule is Cc1cc(-c2nn3c([C@@H]4COc5ccccc5O4)nnc3s2)c2ccccc2n1. The standard InChI is InChI=1S/C21H15N5O2S/c1-12-10-14(13-6-2-3-7-15(13)22-12)20-25-26-19(23-24-21(26)29-20)18-11-27-16-8-4-5-9-17(16)28-18/h2-10,18H,11H2,1H3/t18-/m0/s1. The zero-order valence-electron chi connectivity index (χ0n) is 15.4. The van der Waals surface area contributed by atoms with E-state index in [0.717, 1.165) is 37.9 Å². The van der Waals surface area contributed by atoms with Crippen molar-refractivity contribution >= 4 is 27.2 Å². The summed E-state index contributed by atoms with van der Waals surface area (Å²) in [6.07, 6.45) is -0.370. The molecule has 29 heavy (non-hydrogen) atoms. The van der Waals surface area contributed by atoms with E-state index in [-0.39, 0.29) is 6.10 Å². The van der Waals surface area contributed by atoms with Gasteiger partial charge >= 0.3 is 0 Å². The van der Waals surface area contributed by atoms with Gasteiger partial charge in [-0.05, 0) is 31.2 Å². The lowest BCUT2D eigenvalue weighted by Gasteiger charge is -2.24. The molecule has 8 heteroatoms. The molecule has 142 valence electrons. The van der Waals surface area contributed by atoms with Crippen molar-refractivity contribution in [3.8, 4) is 22.1 Å². The van der Waals surface area contributed by atoms with Crippen molar-refractivity contribution in [3.63, 3.8) is 0 Å². The van der Waals surface area contributed by atoms with Crippen molar-refractivity contribution in [1.29, 1.82) is 0 Å². The fourth-order valence-electron chi connectivity index (χ4n) is 3.57. The van der Waals surface area contributed by atoms with Gasteiger partial charge in [0.2, 0.25) is 4.96 Å². The van der Waals surface area contributed by atoms with Crippen LogP contribution in [0.5, 0.6) is 11.5 Å². The number of para-hydroxylation sites is 3. The molecule has 0 bridgehead atoms. The van der Waals surface area contributed by atoms with Gasteiger partial charge in [0.05, 0.1) is 5.52 Å². The van der Waals surface area contributed by atoms with Crippen LogP contribution in [0.15, 0.2) is 54.6 Å². The van der Waals surface area contributed by atoms with Crippen LogP contribution in [-0.4, -0.2) is 31.4 Å². The van der Waals surface area contributed by atoms with E-state index in [2.05, 4.69) is 27.3 Å². The Morgan fingerprint density at radius 1 is 1.03 bits per heavy atom. The molecule has 0 amide bonds. The molecule has 1 aliphatic rings. The maximum atomic E-state index is 6.10. The second kappa shape index (κ2) is 6.25. The van der Waals surface area contributed by atoms with Gasteiger partial charge in [-0.3, -0.25) is 4.98 Å². The van der Waals surface area contributed by atoms with E-state index < -0.39 is 0 Å². The molecule has 1 aliphatic heterocycles. The predicted molar refractivity (Wildman–Crippen MR) is 109 cm³/mol. The maximum Gasteiger partial charge on any atom is 0.235 e. The Bertz CT molecular complexity index is 1380. The molecule has 4 heterocycles. The average Bonchev–Trinajstić information content (AvgIpc) is 3.33. The highest BCUT2D eigenvalue weighted by Crippen LogP contribution is 2.37. The minimum Gasteiger partial charge on any atom is -0.485 e. The summed E-state index contributed by atoms with van der Waals surface area (Å²) >= 11 is 1.50. The van der Waals surface area contributed by atoms with Gasteiger partial charge in [-0.25, -0.2) is 0 Å². The molecule has 1 atom stereocenters. The van der Waals surface area contributed by atoms with E-state index in [9.17, 15) is 0 Å². The van der Waals surface area contributed by atoms with Crippen molar-refractivity contribution in [2.24, 2.45) is 0 Å². The molecule has 6 rings (SSSR count). The Hall–Kier alpha value is -3.52. The lowest BCUT2D eigenvalue weighted by atomic mass is 10.1. The number of nitrogens with zero attached hydrogens (tertiary/aromatic N) is 5. The fraction of sp³-hybridized carbons (Fsp3) is 0.143. The van der Waals surface area contributed by atoms with Crippen LogP contribution in [0.4, 0.5) is 0 Å². The van der Waals surface area contributed by atoms with E-state index in [1.807, 2.05) is 49.4 Å². The molecule has 3 aromatic heterocycles. The average molecular weight is 401 g/mol. The summed E-state index contributed by atoms with van der Waals surface area (Å²) in [6, 6.07) is 17.8. The van der Waals surface area contributed by atoms with E-state index >= 15 is 0 Å². The van der Waals surface area contributed by atoms with Crippen LogP contribution >= 0.6 is 11.3 Å². The summed E-state index contributed by atoms with van der Waals surface area (Å²) in [4.78, 5) is 5.34. The molecule has 7 nitrogen and oxygen atoms in total. The number of ether oxygens (including phenoxy) is 2. The quantitative estimate of drug-likeness (QED) is 0.441. The van der Waals surface area contributed by atoms with Crippen molar-refractivity contribution in [2.45, 2.75) is 13.0 Å². The van der Waals surface area contributed by atoms with E-state index in [4.69, 9.17) is 14.6 Å². The Morgan fingerprint density at radius 3 is 2.79 bits per heavy atom. The number of hydrogen-bond donors (Lipinski definition) is 0. The molecule has 0 saturated carbocycles. The molecule has 0 saturated heterocycles. The summed E-state index contributed by atoms with van der Waals surface area (Å²) < 4.78 is 13.7. The lowest BCUT2D eigenvalue weighted by molar-refractivity contribution is 0.0836. The number of hydrogen-bond acceptors (Lipinski definition) is 7. The number of rotatable bonds is 2. The molecule has 0 radical (unpaired) electrons. The summed E-state index contributed by atoms with van der Waals surface area (Å²) in [6.45, 7) is 2.36. The van der Waals surface area contributed by atoms with Crippen molar-refractivity contribution in [1.82, 2.24) is 24.8 Å². The normalized spacial score (nSPS) is 15.8. The van der Waals surface area contributed by atoms with Gasteiger partial charge < -0.3 is 9.47 Å². The number of aryl methyl sites for hydroxylation is 1. The molecule has 0 spiro atoms. The van der Waals surface area contributed by atoms with Crippen LogP contribution in [0, 0.1) is 6.92 Å². The molecular weight excluding hydrogens is 386 g/mol. The van der Waals surface area contributed by atoms with Crippen LogP contribution in [0.1, 0.15) is 17.6 Å². The highest BCUT2D eigenvalue weighted by Gasteiger charge is 2.28. The number of pyridine rings is 1. The maximum absolute atomic E-state index is 6.10. The largest absolute Gasteiger partial charge is 0.485 e. The van der Waals surface area contributed by atoms with E-state index in [1.165, 1.54) is 11.3 Å². The number of fused-ring (bicyclic) bond motifs is 3. The lowest BCUT2D eigenvalue weighted by Crippen LogP contribution is -2.23. The molecule has 0 fully saturated rings. The Balaban J connectivity index is 1.45. The van der Waals surface area contributed by atoms with Gasteiger partial charge in [0, 0.05) is 16.6 Å². The Labute approximate surface area is 169 Å². The first-order chi connectivity index (χ1) is 14.3. The molecule has 2 aromatic carbocycles. The minimum atomic E-state index is -0.370. The minimum absolute atomic E-state index is 0.363. The van der Waals surface area contributed by atoms with Crippen LogP contribution in [-0.2, 0) is 0 Å². The number of benzene rings is 2. The van der Waals surface area contributed by atoms with Gasteiger partial charge in [0.15, 0.2) is 23.4 Å². The summed E-state index contributed by atoms with van der Waals surface area (Å²) in [5, 5.41) is 15.4. The zero-order valence-corrected chi connectivity index (χ0v) is 16.3. The molecule has 5 aromatic rings. The third-order valence-corrected chi connectivity index (χ3v) is 5.82. The van der Waals surface area contributed by atoms with Gasteiger partial charge in [-0.2, -0.15) is 9.61 Å². The topological polar surface area (TPSA) is 74.4 Å². The van der Waals surface area contributed by atoms with E-state index in [0.29, 0.717) is 18.2 Å². The van der Waals surface area contributed by atoms with Crippen molar-refractivity contribution in [3.05, 3.63) is 66.1 Å². The smallest absolute Gasteiger partial charge is 0.235 e. The van der Waals surface area contributed by atoms with Crippen molar-refractivity contribution < 1.29 is 9.47 Å². The first-order valence-corrected chi connectivity index (χ1v) is 10.1. The molecular formula is C21H15N5O2S. The summed E-state index contributed by atoms with van der Waals surface area (Å²) in [7, 11) is 0. The van der Waals surface area contributed by atoms with Gasteiger partial charge in [-0.1, -0.05) is 41.7 Å². The second-order valence-electron chi connectivity index (χ2n) is 6.85. The predicted octanol–water partition coefficient (Wildman–Crippen LogP) is 4.22. The van der Waals surface area contributed by atoms with Crippen LogP contribution in [0.2, 0.25) is 0 Å². The zero-order chi connectivity index (χ0) is 19.4. The highest BCUT2D eigenvalue weighted by molar-refractivity contribution is 7.19. The van der Waals surface area contributed by atoms with Crippen molar-refractivity contribution in [2.75, 3.05) is 6.61 Å². The third-order valence-electron chi connectivity index (χ3n) is 4.89. The van der Waals surface area contributed by atoms with Gasteiger partial charge in [-0.15, -0.1) is 10.2 Å². The first kappa shape index (κ1) is 16.4. The second-order valence-corrected chi connectivity index (χ2v) is 7.81. The van der Waals surface area contributed by atoms with Crippen LogP contribution < -0.4 is 9.47 Å². The molecule has 0 aliphatic carbocycles. The number of aromatic nitrogens is 5. The van der Waals surface area contributed by atoms with Gasteiger partial charge in [0.1, 0.15) is 11.6 Å². The fourth-order valence-corrected chi connectivity index (χ4v) is 4.45. The Kier molecular flexibility index (Phi) is 3.54. The molecule has 0 unspecified atom stereocenters. The highest BCUT2D eigenvalue weighted by atomic mass is 32.1. The van der Waals surface area contributed by atoms with E-state index in [1.54, 1.807) is 4.52 Å². The first-order valence-electron chi connectivity index (χ1n) is 9.24.